The van der Waals surface area contributed by atoms with Crippen LogP contribution < -0.4 is 9.64 Å². The summed E-state index contributed by atoms with van der Waals surface area (Å²) in [4.78, 5) is 39.8. The van der Waals surface area contributed by atoms with Gasteiger partial charge in [0.2, 0.25) is 0 Å². The van der Waals surface area contributed by atoms with Crippen LogP contribution >= 0.6 is 23.2 Å². The van der Waals surface area contributed by atoms with E-state index in [1.165, 1.54) is 31.3 Å². The zero-order valence-corrected chi connectivity index (χ0v) is 21.8. The Morgan fingerprint density at radius 1 is 1.03 bits per heavy atom. The Hall–Kier alpha value is -3.81. The molecule has 9 heteroatoms. The average molecular weight is 540 g/mol. The summed E-state index contributed by atoms with van der Waals surface area (Å²) in [7, 11) is 2.68. The molecule has 1 aliphatic heterocycles. The average Bonchev–Trinajstić information content (AvgIpc) is 3.14. The van der Waals surface area contributed by atoms with Crippen LogP contribution in [0.5, 0.6) is 5.75 Å². The van der Waals surface area contributed by atoms with Crippen LogP contribution in [0.2, 0.25) is 10.0 Å². The number of nitrogens with zero attached hydrogens (tertiary/aromatic N) is 1. The second-order valence-corrected chi connectivity index (χ2v) is 9.26. The number of anilines is 1. The van der Waals surface area contributed by atoms with E-state index in [0.717, 1.165) is 5.56 Å². The van der Waals surface area contributed by atoms with Crippen LogP contribution in [0.25, 0.3) is 5.76 Å². The lowest BCUT2D eigenvalue weighted by molar-refractivity contribution is -0.139. The van der Waals surface area contributed by atoms with Gasteiger partial charge in [0.25, 0.3) is 11.7 Å². The second kappa shape index (κ2) is 10.7. The van der Waals surface area contributed by atoms with Crippen LogP contribution in [0.4, 0.5) is 5.69 Å². The van der Waals surface area contributed by atoms with Gasteiger partial charge in [-0.05, 0) is 47.9 Å². The summed E-state index contributed by atoms with van der Waals surface area (Å²) in [6.45, 7) is 1.85. The Morgan fingerprint density at radius 2 is 1.70 bits per heavy atom. The van der Waals surface area contributed by atoms with E-state index in [4.69, 9.17) is 32.7 Å². The molecular formula is C28H23Cl2NO6. The standard InChI is InChI=1S/C28H23Cl2NO6/c1-15-6-4-5-7-19(15)24-23(25(33)20-13-17(29)14-21(30)27(20)37-3)26(34)28(35)31(24)18-10-8-16(9-11-18)12-22(32)36-2/h4-11,13-14,24,33H,12H2,1-3H3/b25-23+. The number of ketones is 1. The molecule has 0 spiro atoms. The van der Waals surface area contributed by atoms with Gasteiger partial charge in [-0.25, -0.2) is 0 Å². The summed E-state index contributed by atoms with van der Waals surface area (Å²) in [6.07, 6.45) is 0.0616. The van der Waals surface area contributed by atoms with Gasteiger partial charge in [0.15, 0.2) is 0 Å². The van der Waals surface area contributed by atoms with Crippen molar-refractivity contribution in [3.8, 4) is 5.75 Å². The molecule has 1 atom stereocenters. The zero-order valence-electron chi connectivity index (χ0n) is 20.2. The van der Waals surface area contributed by atoms with E-state index in [1.807, 2.05) is 19.1 Å². The fraction of sp³-hybridized carbons (Fsp3) is 0.179. The van der Waals surface area contributed by atoms with Crippen molar-refractivity contribution in [2.24, 2.45) is 0 Å². The molecule has 0 radical (unpaired) electrons. The Labute approximate surface area is 223 Å². The zero-order chi connectivity index (χ0) is 26.9. The molecule has 1 amide bonds. The first kappa shape index (κ1) is 26.3. The quantitative estimate of drug-likeness (QED) is 0.188. The van der Waals surface area contributed by atoms with Crippen molar-refractivity contribution in [3.05, 3.63) is 98.5 Å². The maximum atomic E-state index is 13.4. The molecule has 4 rings (SSSR count). The highest BCUT2D eigenvalue weighted by Gasteiger charge is 2.47. The van der Waals surface area contributed by atoms with E-state index < -0.39 is 29.5 Å². The van der Waals surface area contributed by atoms with Gasteiger partial charge in [0.1, 0.15) is 11.5 Å². The molecule has 3 aromatic rings. The van der Waals surface area contributed by atoms with Gasteiger partial charge < -0.3 is 14.6 Å². The normalized spacial score (nSPS) is 16.7. The van der Waals surface area contributed by atoms with Crippen molar-refractivity contribution in [1.82, 2.24) is 0 Å². The topological polar surface area (TPSA) is 93.1 Å². The van der Waals surface area contributed by atoms with Gasteiger partial charge in [0.05, 0.1) is 42.8 Å². The molecule has 0 aliphatic carbocycles. The smallest absolute Gasteiger partial charge is 0.309 e. The lowest BCUT2D eigenvalue weighted by Crippen LogP contribution is -2.29. The number of halogens is 2. The third-order valence-corrected chi connectivity index (χ3v) is 6.68. The molecular weight excluding hydrogens is 517 g/mol. The van der Waals surface area contributed by atoms with Crippen LogP contribution in [-0.2, 0) is 25.5 Å². The molecule has 0 aromatic heterocycles. The third-order valence-electron chi connectivity index (χ3n) is 6.19. The molecule has 37 heavy (non-hydrogen) atoms. The maximum Gasteiger partial charge on any atom is 0.309 e. The van der Waals surface area contributed by atoms with Crippen LogP contribution in [0, 0.1) is 6.92 Å². The minimum Gasteiger partial charge on any atom is -0.507 e. The number of ether oxygens (including phenoxy) is 2. The number of Topliss-reactive ketones (excluding diaryl/α,β-unsaturated/α-hetero) is 1. The highest BCUT2D eigenvalue weighted by Crippen LogP contribution is 2.45. The van der Waals surface area contributed by atoms with Crippen molar-refractivity contribution in [2.45, 2.75) is 19.4 Å². The van der Waals surface area contributed by atoms with E-state index in [0.29, 0.717) is 16.8 Å². The minimum atomic E-state index is -0.949. The molecule has 7 nitrogen and oxygen atoms in total. The lowest BCUT2D eigenvalue weighted by Gasteiger charge is -2.27. The van der Waals surface area contributed by atoms with Crippen molar-refractivity contribution < 1.29 is 29.0 Å². The van der Waals surface area contributed by atoms with E-state index in [-0.39, 0.29) is 33.4 Å². The van der Waals surface area contributed by atoms with E-state index in [2.05, 4.69) is 0 Å². The van der Waals surface area contributed by atoms with Crippen LogP contribution in [0.3, 0.4) is 0 Å². The van der Waals surface area contributed by atoms with Crippen molar-refractivity contribution in [3.63, 3.8) is 0 Å². The predicted molar refractivity (Wildman–Crippen MR) is 141 cm³/mol. The lowest BCUT2D eigenvalue weighted by atomic mass is 9.92. The van der Waals surface area contributed by atoms with E-state index >= 15 is 0 Å². The number of aliphatic hydroxyl groups is 1. The number of aliphatic hydroxyl groups excluding tert-OH is 1. The summed E-state index contributed by atoms with van der Waals surface area (Å²) < 4.78 is 10.1. The molecule has 1 unspecified atom stereocenters. The first-order valence-electron chi connectivity index (χ1n) is 11.2. The molecule has 1 aliphatic rings. The number of carbonyl (C=O) groups excluding carboxylic acids is 3. The van der Waals surface area contributed by atoms with Crippen LogP contribution in [-0.4, -0.2) is 37.0 Å². The molecule has 190 valence electrons. The van der Waals surface area contributed by atoms with Gasteiger partial charge in [-0.2, -0.15) is 0 Å². The predicted octanol–water partition coefficient (Wildman–Crippen LogP) is 5.65. The molecule has 3 aromatic carbocycles. The van der Waals surface area contributed by atoms with Gasteiger partial charge in [-0.3, -0.25) is 19.3 Å². The van der Waals surface area contributed by atoms with Crippen molar-refractivity contribution in [2.75, 3.05) is 19.1 Å². The molecule has 1 heterocycles. The molecule has 1 fully saturated rings. The summed E-state index contributed by atoms with van der Waals surface area (Å²) in [5.41, 5.74) is 2.51. The van der Waals surface area contributed by atoms with Gasteiger partial charge in [-0.15, -0.1) is 0 Å². The third kappa shape index (κ3) is 4.92. The first-order valence-corrected chi connectivity index (χ1v) is 12.0. The van der Waals surface area contributed by atoms with Crippen molar-refractivity contribution >= 4 is 52.3 Å². The number of aryl methyl sites for hydroxylation is 1. The maximum absolute atomic E-state index is 13.4. The largest absolute Gasteiger partial charge is 0.507 e. The number of rotatable bonds is 6. The summed E-state index contributed by atoms with van der Waals surface area (Å²) in [6, 6.07) is 15.8. The number of carbonyl (C=O) groups is 3. The highest BCUT2D eigenvalue weighted by molar-refractivity contribution is 6.52. The molecule has 0 saturated carbocycles. The summed E-state index contributed by atoms with van der Waals surface area (Å²) >= 11 is 12.5. The van der Waals surface area contributed by atoms with Crippen molar-refractivity contribution in [1.29, 1.82) is 0 Å². The molecule has 1 N–H and O–H groups in total. The van der Waals surface area contributed by atoms with Crippen LogP contribution in [0.1, 0.15) is 28.3 Å². The van der Waals surface area contributed by atoms with Gasteiger partial charge in [0, 0.05) is 10.7 Å². The Morgan fingerprint density at radius 3 is 2.32 bits per heavy atom. The van der Waals surface area contributed by atoms with E-state index in [1.54, 1.807) is 36.4 Å². The number of amides is 1. The first-order chi connectivity index (χ1) is 17.7. The Bertz CT molecular complexity index is 1430. The van der Waals surface area contributed by atoms with Gasteiger partial charge in [-0.1, -0.05) is 59.6 Å². The number of hydrogen-bond donors (Lipinski definition) is 1. The molecule has 1 saturated heterocycles. The summed E-state index contributed by atoms with van der Waals surface area (Å²) in [5.74, 6) is -2.43. The Balaban J connectivity index is 1.93. The van der Waals surface area contributed by atoms with Gasteiger partial charge >= 0.3 is 5.97 Å². The number of hydrogen-bond acceptors (Lipinski definition) is 6. The monoisotopic (exact) mass is 539 g/mol. The van der Waals surface area contributed by atoms with Crippen LogP contribution in [0.15, 0.2) is 66.2 Å². The SMILES string of the molecule is COC(=O)Cc1ccc(N2C(=O)C(=O)/C(=C(/O)c3cc(Cl)cc(Cl)c3OC)C2c2ccccc2C)cc1. The Kier molecular flexibility index (Phi) is 7.57. The second-order valence-electron chi connectivity index (χ2n) is 8.41. The summed E-state index contributed by atoms with van der Waals surface area (Å²) in [5, 5.41) is 11.8. The number of methoxy groups -OCH3 is 2. The minimum absolute atomic E-state index is 0.0616. The fourth-order valence-electron chi connectivity index (χ4n) is 4.39. The number of esters is 1. The fourth-order valence-corrected chi connectivity index (χ4v) is 4.96. The number of benzene rings is 3. The molecule has 0 bridgehead atoms. The van der Waals surface area contributed by atoms with E-state index in [9.17, 15) is 19.5 Å². The highest BCUT2D eigenvalue weighted by atomic mass is 35.5.